The number of nitrogens with zero attached hydrogens (tertiary/aromatic N) is 3. The van der Waals surface area contributed by atoms with Crippen molar-refractivity contribution in [3.05, 3.63) is 77.6 Å². The monoisotopic (exact) mass is 414 g/mol. The van der Waals surface area contributed by atoms with Crippen molar-refractivity contribution in [3.63, 3.8) is 0 Å². The largest absolute Gasteiger partial charge is 0.462 e. The Morgan fingerprint density at radius 3 is 2.43 bits per heavy atom. The summed E-state index contributed by atoms with van der Waals surface area (Å²) in [5.41, 5.74) is 7.28. The first kappa shape index (κ1) is 19.7. The molecule has 0 amide bonds. The predicted molar refractivity (Wildman–Crippen MR) is 104 cm³/mol. The second-order valence-electron chi connectivity index (χ2n) is 6.78. The van der Waals surface area contributed by atoms with Crippen LogP contribution >= 0.6 is 0 Å². The summed E-state index contributed by atoms with van der Waals surface area (Å²) in [4.78, 5) is 12.4. The third-order valence-corrected chi connectivity index (χ3v) is 4.91. The van der Waals surface area contributed by atoms with Crippen LogP contribution < -0.4 is 10.5 Å². The van der Waals surface area contributed by atoms with Crippen LogP contribution in [0.5, 0.6) is 5.75 Å². The number of benzene rings is 2. The molecule has 3 aromatic rings. The van der Waals surface area contributed by atoms with E-state index >= 15 is 0 Å². The molecule has 30 heavy (non-hydrogen) atoms. The van der Waals surface area contributed by atoms with Gasteiger partial charge in [0.25, 0.3) is 6.02 Å². The number of hydrogen-bond donors (Lipinski definition) is 1. The van der Waals surface area contributed by atoms with Crippen molar-refractivity contribution in [1.82, 2.24) is 9.97 Å². The number of hydrogen-bond acceptors (Lipinski definition) is 6. The van der Waals surface area contributed by atoms with Gasteiger partial charge in [-0.25, -0.2) is 19.4 Å². The molecule has 2 heterocycles. The van der Waals surface area contributed by atoms with Crippen LogP contribution in [0.25, 0.3) is 11.1 Å². The van der Waals surface area contributed by atoms with Crippen molar-refractivity contribution in [3.8, 4) is 16.9 Å². The van der Waals surface area contributed by atoms with Crippen LogP contribution in [0.4, 0.5) is 13.2 Å². The first-order valence-corrected chi connectivity index (χ1v) is 8.98. The van der Waals surface area contributed by atoms with Gasteiger partial charge >= 0.3 is 6.61 Å². The lowest BCUT2D eigenvalue weighted by Crippen LogP contribution is -2.27. The summed E-state index contributed by atoms with van der Waals surface area (Å²) in [6.07, 6.45) is 4.37. The van der Waals surface area contributed by atoms with Crippen LogP contribution in [0.15, 0.2) is 60.1 Å². The van der Waals surface area contributed by atoms with Gasteiger partial charge in [-0.3, -0.25) is 0 Å². The maximum absolute atomic E-state index is 14.5. The van der Waals surface area contributed by atoms with E-state index in [0.29, 0.717) is 27.8 Å². The van der Waals surface area contributed by atoms with Crippen LogP contribution in [-0.4, -0.2) is 29.2 Å². The summed E-state index contributed by atoms with van der Waals surface area (Å²) in [6.45, 7) is -1.21. The minimum atomic E-state index is -2.93. The smallest absolute Gasteiger partial charge is 0.387 e. The minimum Gasteiger partial charge on any atom is -0.462 e. The number of rotatable bonds is 5. The number of aryl methyl sites for hydroxylation is 1. The lowest BCUT2D eigenvalue weighted by atomic mass is 9.82. The quantitative estimate of drug-likeness (QED) is 0.687. The number of nitrogens with two attached hydrogens (primary N) is 1. The highest BCUT2D eigenvalue weighted by Gasteiger charge is 2.40. The molecule has 1 aliphatic heterocycles. The van der Waals surface area contributed by atoms with Gasteiger partial charge in [-0.15, -0.1) is 0 Å². The second-order valence-corrected chi connectivity index (χ2v) is 6.78. The van der Waals surface area contributed by atoms with E-state index in [1.54, 1.807) is 31.2 Å². The zero-order valence-corrected chi connectivity index (χ0v) is 15.8. The van der Waals surface area contributed by atoms with Gasteiger partial charge in [-0.05, 0) is 47.9 Å². The van der Waals surface area contributed by atoms with Crippen molar-refractivity contribution in [2.75, 3.05) is 6.61 Å². The van der Waals surface area contributed by atoms with Crippen molar-refractivity contribution in [2.24, 2.45) is 10.7 Å². The number of amidine groups is 1. The van der Waals surface area contributed by atoms with E-state index in [1.807, 2.05) is 0 Å². The van der Waals surface area contributed by atoms with Crippen molar-refractivity contribution < 1.29 is 22.6 Å². The summed E-state index contributed by atoms with van der Waals surface area (Å²) >= 11 is 0. The van der Waals surface area contributed by atoms with Crippen LogP contribution in [0.2, 0.25) is 0 Å². The zero-order valence-electron chi connectivity index (χ0n) is 15.8. The van der Waals surface area contributed by atoms with Crippen molar-refractivity contribution in [2.45, 2.75) is 19.1 Å². The van der Waals surface area contributed by atoms with E-state index in [-0.39, 0.29) is 18.4 Å². The lowest BCUT2D eigenvalue weighted by molar-refractivity contribution is -0.0503. The molecule has 9 heteroatoms. The first-order valence-electron chi connectivity index (χ1n) is 8.98. The van der Waals surface area contributed by atoms with Gasteiger partial charge < -0.3 is 15.2 Å². The summed E-state index contributed by atoms with van der Waals surface area (Å²) in [6, 6.07) is 9.27. The van der Waals surface area contributed by atoms with Crippen molar-refractivity contribution in [1.29, 1.82) is 0 Å². The molecule has 0 bridgehead atoms. The first-order chi connectivity index (χ1) is 14.4. The molecule has 0 fully saturated rings. The molecule has 6 nitrogen and oxygen atoms in total. The predicted octanol–water partition coefficient (Wildman–Crippen LogP) is 3.78. The fraction of sp³-hybridized carbons (Fsp3) is 0.190. The van der Waals surface area contributed by atoms with Gasteiger partial charge in [0, 0.05) is 23.5 Å². The number of halogens is 3. The van der Waals surface area contributed by atoms with E-state index in [2.05, 4.69) is 19.7 Å². The molecule has 0 saturated heterocycles. The van der Waals surface area contributed by atoms with Crippen molar-refractivity contribution >= 4 is 6.02 Å². The molecular formula is C21H17F3N4O2. The molecular weight excluding hydrogens is 397 g/mol. The SMILES string of the molecule is Cc1cc(C2(c3ccc(F)c(-c4cncnc4)c3)COC(N)=N2)ccc1OC(F)F. The second kappa shape index (κ2) is 7.66. The van der Waals surface area contributed by atoms with E-state index in [0.717, 1.165) is 0 Å². The summed E-state index contributed by atoms with van der Waals surface area (Å²) in [5.74, 6) is -0.391. The van der Waals surface area contributed by atoms with Gasteiger partial charge in [-0.2, -0.15) is 8.78 Å². The Morgan fingerprint density at radius 1 is 1.10 bits per heavy atom. The van der Waals surface area contributed by atoms with Crippen LogP contribution in [0.3, 0.4) is 0 Å². The molecule has 1 aromatic heterocycles. The van der Waals surface area contributed by atoms with Gasteiger partial charge in [0.2, 0.25) is 0 Å². The zero-order chi connectivity index (χ0) is 21.3. The molecule has 1 atom stereocenters. The normalized spacial score (nSPS) is 18.2. The third-order valence-electron chi connectivity index (χ3n) is 4.91. The van der Waals surface area contributed by atoms with Crippen LogP contribution in [-0.2, 0) is 10.3 Å². The fourth-order valence-corrected chi connectivity index (χ4v) is 3.47. The maximum Gasteiger partial charge on any atom is 0.387 e. The van der Waals surface area contributed by atoms with E-state index < -0.39 is 18.0 Å². The average molecular weight is 414 g/mol. The average Bonchev–Trinajstić information content (AvgIpc) is 3.13. The molecule has 0 radical (unpaired) electrons. The molecule has 4 rings (SSSR count). The van der Waals surface area contributed by atoms with E-state index in [1.165, 1.54) is 30.9 Å². The highest BCUT2D eigenvalue weighted by molar-refractivity contribution is 5.76. The number of aliphatic imine (C=N–C) groups is 1. The molecule has 2 N–H and O–H groups in total. The highest BCUT2D eigenvalue weighted by atomic mass is 19.3. The Labute approximate surface area is 170 Å². The van der Waals surface area contributed by atoms with E-state index in [4.69, 9.17) is 10.5 Å². The third kappa shape index (κ3) is 3.54. The van der Waals surface area contributed by atoms with Crippen LogP contribution in [0, 0.1) is 12.7 Å². The number of ether oxygens (including phenoxy) is 2. The van der Waals surface area contributed by atoms with Gasteiger partial charge in [-0.1, -0.05) is 12.1 Å². The van der Waals surface area contributed by atoms with Gasteiger partial charge in [0.05, 0.1) is 0 Å². The highest BCUT2D eigenvalue weighted by Crippen LogP contribution is 2.40. The lowest BCUT2D eigenvalue weighted by Gasteiger charge is -2.26. The Morgan fingerprint density at radius 2 is 1.80 bits per heavy atom. The van der Waals surface area contributed by atoms with Crippen LogP contribution in [0.1, 0.15) is 16.7 Å². The standard InChI is InChI=1S/C21H17F3N4O2/c1-12-6-14(3-5-18(12)30-19(23)24)21(10-29-20(25)28-21)15-2-4-17(22)16(7-15)13-8-26-11-27-9-13/h2-9,11,19H,10H2,1H3,(H2,25,28). The summed E-state index contributed by atoms with van der Waals surface area (Å²) < 4.78 is 49.7. The topological polar surface area (TPSA) is 82.6 Å². The molecule has 154 valence electrons. The van der Waals surface area contributed by atoms with Gasteiger partial charge in [0.15, 0.2) is 5.54 Å². The number of aromatic nitrogens is 2. The maximum atomic E-state index is 14.5. The molecule has 0 aliphatic carbocycles. The van der Waals surface area contributed by atoms with Gasteiger partial charge in [0.1, 0.15) is 24.5 Å². The molecule has 0 saturated carbocycles. The Balaban J connectivity index is 1.84. The molecule has 1 aliphatic rings. The summed E-state index contributed by atoms with van der Waals surface area (Å²) in [5, 5.41) is 0. The molecule has 0 spiro atoms. The Bertz CT molecular complexity index is 1110. The number of alkyl halides is 2. The van der Waals surface area contributed by atoms with E-state index in [9.17, 15) is 13.2 Å². The minimum absolute atomic E-state index is 0.0190. The Kier molecular flexibility index (Phi) is 5.03. The molecule has 1 unspecified atom stereocenters. The Hall–Kier alpha value is -3.62. The fourth-order valence-electron chi connectivity index (χ4n) is 3.47. The summed E-state index contributed by atoms with van der Waals surface area (Å²) in [7, 11) is 0. The molecule has 2 aromatic carbocycles.